The summed E-state index contributed by atoms with van der Waals surface area (Å²) < 4.78 is 0. The molecule has 0 atom stereocenters. The highest BCUT2D eigenvalue weighted by atomic mass is 35.8. The summed E-state index contributed by atoms with van der Waals surface area (Å²) >= 11 is 28.4. The van der Waals surface area contributed by atoms with Crippen LogP contribution in [0.2, 0.25) is 18.6 Å². The van der Waals surface area contributed by atoms with Crippen molar-refractivity contribution in [2.45, 2.75) is 18.6 Å². The Morgan fingerprint density at radius 3 is 1.40 bits per heavy atom. The number of halogens is 5. The summed E-state index contributed by atoms with van der Waals surface area (Å²) in [6.07, 6.45) is 0. The van der Waals surface area contributed by atoms with Crippen LogP contribution < -0.4 is 0 Å². The number of hydrogen-bond donors (Lipinski definition) is 0. The van der Waals surface area contributed by atoms with E-state index < -0.39 is 12.7 Å². The lowest BCUT2D eigenvalue weighted by Crippen LogP contribution is -2.18. The molecular weight excluding hydrogens is 269 g/mol. The quantitative estimate of drug-likeness (QED) is 0.535. The Morgan fingerprint density at radius 2 is 1.30 bits per heavy atom. The molecular formula is C3H7Cl5Si2. The summed E-state index contributed by atoms with van der Waals surface area (Å²) in [5, 5.41) is 0. The van der Waals surface area contributed by atoms with Gasteiger partial charge in [-0.05, 0) is 18.6 Å². The molecule has 0 aromatic rings. The van der Waals surface area contributed by atoms with Gasteiger partial charge in [0.25, 0.3) is 0 Å². The van der Waals surface area contributed by atoms with Crippen molar-refractivity contribution >= 4 is 68.1 Å². The number of rotatable bonds is 3. The lowest BCUT2D eigenvalue weighted by atomic mass is 11.0. The molecule has 0 unspecified atom stereocenters. The Bertz CT molecular complexity index is 88.4. The van der Waals surface area contributed by atoms with Gasteiger partial charge in [0.1, 0.15) is 0 Å². The van der Waals surface area contributed by atoms with Gasteiger partial charge in [-0.15, -0.1) is 55.4 Å². The summed E-state index contributed by atoms with van der Waals surface area (Å²) in [6.45, 7) is -0.221. The third-order valence-electron chi connectivity index (χ3n) is 0.847. The smallest absolute Gasteiger partial charge is 0.146 e. The highest BCUT2D eigenvalue weighted by molar-refractivity contribution is 7.65. The van der Waals surface area contributed by atoms with Crippen molar-refractivity contribution in [3.05, 3.63) is 0 Å². The normalized spacial score (nSPS) is 13.8. The molecule has 0 fully saturated rings. The van der Waals surface area contributed by atoms with Gasteiger partial charge >= 0.3 is 6.00 Å². The highest BCUT2D eigenvalue weighted by Crippen LogP contribution is 2.32. The molecule has 7 heteroatoms. The van der Waals surface area contributed by atoms with Gasteiger partial charge in [0.15, 0.2) is 0 Å². The zero-order chi connectivity index (χ0) is 8.41. The van der Waals surface area contributed by atoms with E-state index in [1.54, 1.807) is 0 Å². The summed E-state index contributed by atoms with van der Waals surface area (Å²) in [6, 6.07) is -1.26. The third-order valence-corrected chi connectivity index (χ3v) is 6.13. The summed E-state index contributed by atoms with van der Waals surface area (Å²) in [4.78, 5) is 0. The fourth-order valence-corrected chi connectivity index (χ4v) is 7.50. The molecule has 0 heterocycles. The predicted octanol–water partition coefficient (Wildman–Crippen LogP) is 4.19. The first kappa shape index (κ1) is 11.9. The standard InChI is InChI=1S/C3H7Cl5Si2/c1-9(4,5)2-3-10(6,7)8/h2-3H2,1H3. The fourth-order valence-electron chi connectivity index (χ4n) is 0.361. The van der Waals surface area contributed by atoms with Crippen LogP contribution in [0.1, 0.15) is 0 Å². The molecule has 0 N–H and O–H groups in total. The minimum absolute atomic E-state index is 0.563. The average Bonchev–Trinajstić information content (AvgIpc) is 1.57. The molecule has 0 bridgehead atoms. The molecule has 0 saturated heterocycles. The molecule has 0 radical (unpaired) electrons. The van der Waals surface area contributed by atoms with Gasteiger partial charge in [0.2, 0.25) is 6.69 Å². The highest BCUT2D eigenvalue weighted by Gasteiger charge is 2.30. The molecule has 0 aliphatic carbocycles. The Balaban J connectivity index is 3.56. The predicted molar refractivity (Wildman–Crippen MR) is 56.3 cm³/mol. The average molecular weight is 277 g/mol. The molecule has 0 nitrogen and oxygen atoms in total. The van der Waals surface area contributed by atoms with Crippen molar-refractivity contribution < 1.29 is 0 Å². The van der Waals surface area contributed by atoms with Gasteiger partial charge in [-0.1, -0.05) is 0 Å². The van der Waals surface area contributed by atoms with E-state index in [0.717, 1.165) is 0 Å². The molecule has 62 valence electrons. The Morgan fingerprint density at radius 1 is 0.900 bits per heavy atom. The van der Waals surface area contributed by atoms with Gasteiger partial charge in [0.05, 0.1) is 0 Å². The van der Waals surface area contributed by atoms with E-state index in [9.17, 15) is 0 Å². The number of hydrogen-bond acceptors (Lipinski definition) is 0. The maximum absolute atomic E-state index is 5.79. The molecule has 0 aromatic heterocycles. The topological polar surface area (TPSA) is 0 Å². The Labute approximate surface area is 86.3 Å². The maximum atomic E-state index is 5.79. The van der Waals surface area contributed by atoms with Crippen LogP contribution in [0.4, 0.5) is 0 Å². The van der Waals surface area contributed by atoms with Crippen molar-refractivity contribution in [1.29, 1.82) is 0 Å². The second-order valence-electron chi connectivity index (χ2n) is 2.19. The van der Waals surface area contributed by atoms with Crippen LogP contribution in [-0.4, -0.2) is 12.7 Å². The minimum Gasteiger partial charge on any atom is -0.146 e. The first-order valence-electron chi connectivity index (χ1n) is 2.65. The lowest BCUT2D eigenvalue weighted by molar-refractivity contribution is 1.40. The lowest BCUT2D eigenvalue weighted by Gasteiger charge is -2.12. The third kappa shape index (κ3) is 9.88. The van der Waals surface area contributed by atoms with Gasteiger partial charge < -0.3 is 0 Å². The Hall–Kier alpha value is 1.88. The molecule has 0 aromatic carbocycles. The molecule has 0 spiro atoms. The molecule has 0 saturated carbocycles. The van der Waals surface area contributed by atoms with Crippen LogP contribution in [0.5, 0.6) is 0 Å². The van der Waals surface area contributed by atoms with Crippen LogP contribution in [0.15, 0.2) is 0 Å². The first-order valence-corrected chi connectivity index (χ1v) is 12.6. The van der Waals surface area contributed by atoms with Crippen molar-refractivity contribution in [1.82, 2.24) is 0 Å². The second-order valence-corrected chi connectivity index (χ2v) is 19.7. The van der Waals surface area contributed by atoms with Crippen LogP contribution in [0.3, 0.4) is 0 Å². The van der Waals surface area contributed by atoms with Gasteiger partial charge in [0, 0.05) is 0 Å². The van der Waals surface area contributed by atoms with Gasteiger partial charge in [-0.3, -0.25) is 0 Å². The van der Waals surface area contributed by atoms with E-state index in [0.29, 0.717) is 12.1 Å². The molecule has 0 rings (SSSR count). The summed E-state index contributed by atoms with van der Waals surface area (Å²) in [5.74, 6) is 0. The van der Waals surface area contributed by atoms with Crippen molar-refractivity contribution in [3.8, 4) is 0 Å². The van der Waals surface area contributed by atoms with Crippen LogP contribution >= 0.6 is 55.4 Å². The molecule has 0 amide bonds. The van der Waals surface area contributed by atoms with Crippen LogP contribution in [0, 0.1) is 0 Å². The first-order chi connectivity index (χ1) is 4.21. The van der Waals surface area contributed by atoms with Crippen molar-refractivity contribution in [2.75, 3.05) is 0 Å². The van der Waals surface area contributed by atoms with Crippen LogP contribution in [-0.2, 0) is 0 Å². The second kappa shape index (κ2) is 4.21. The van der Waals surface area contributed by atoms with Gasteiger partial charge in [-0.2, -0.15) is 0 Å². The SMILES string of the molecule is C[Si](Cl)(Cl)CC[Si](Cl)(Cl)Cl. The van der Waals surface area contributed by atoms with E-state index in [1.165, 1.54) is 0 Å². The maximum Gasteiger partial charge on any atom is 0.341 e. The van der Waals surface area contributed by atoms with Crippen LogP contribution in [0.25, 0.3) is 0 Å². The monoisotopic (exact) mass is 274 g/mol. The van der Waals surface area contributed by atoms with E-state index in [2.05, 4.69) is 0 Å². The van der Waals surface area contributed by atoms with Gasteiger partial charge in [-0.25, -0.2) is 0 Å². The zero-order valence-electron chi connectivity index (χ0n) is 5.30. The van der Waals surface area contributed by atoms with E-state index >= 15 is 0 Å². The van der Waals surface area contributed by atoms with E-state index in [1.807, 2.05) is 6.55 Å². The largest absolute Gasteiger partial charge is 0.341 e. The minimum atomic E-state index is -2.48. The van der Waals surface area contributed by atoms with E-state index in [4.69, 9.17) is 55.4 Å². The molecule has 0 aliphatic heterocycles. The zero-order valence-corrected chi connectivity index (χ0v) is 11.1. The molecule has 0 aliphatic rings. The van der Waals surface area contributed by atoms with Crippen molar-refractivity contribution in [2.24, 2.45) is 0 Å². The van der Waals surface area contributed by atoms with E-state index in [-0.39, 0.29) is 0 Å². The summed E-state index contributed by atoms with van der Waals surface area (Å²) in [7, 11) is 0. The molecule has 10 heavy (non-hydrogen) atoms. The Kier molecular flexibility index (Phi) is 5.01. The summed E-state index contributed by atoms with van der Waals surface area (Å²) in [5.41, 5.74) is 0. The fraction of sp³-hybridized carbons (Fsp3) is 1.00. The van der Waals surface area contributed by atoms with Crippen molar-refractivity contribution in [3.63, 3.8) is 0 Å².